The van der Waals surface area contributed by atoms with Gasteiger partial charge < -0.3 is 24.4 Å². The standard InChI is InChI=1S/C14H24BNO4S/c1-13(2,17)14(3,4)20-15(18)12-9-11(10-21-12)16-5-7-19-8-6-16/h9-10,17-18H,5-8H2,1-4H3. The molecule has 1 aromatic heterocycles. The number of thiophene rings is 1. The maximum Gasteiger partial charge on any atom is 0.502 e. The Labute approximate surface area is 130 Å². The molecule has 0 atom stereocenters. The topological polar surface area (TPSA) is 62.2 Å². The van der Waals surface area contributed by atoms with Crippen LogP contribution in [0, 0.1) is 0 Å². The van der Waals surface area contributed by atoms with Crippen LogP contribution < -0.4 is 9.68 Å². The van der Waals surface area contributed by atoms with E-state index < -0.39 is 18.3 Å². The number of nitrogens with zero attached hydrogens (tertiary/aromatic N) is 1. The summed E-state index contributed by atoms with van der Waals surface area (Å²) in [6.07, 6.45) is 0. The molecule has 1 aromatic rings. The van der Waals surface area contributed by atoms with Gasteiger partial charge in [-0.1, -0.05) is 0 Å². The second-order valence-corrected chi connectivity index (χ2v) is 7.29. The van der Waals surface area contributed by atoms with Crippen LogP contribution in [0.25, 0.3) is 0 Å². The van der Waals surface area contributed by atoms with Gasteiger partial charge in [-0.15, -0.1) is 0 Å². The van der Waals surface area contributed by atoms with Crippen LogP contribution in [0.4, 0.5) is 5.69 Å². The van der Waals surface area contributed by atoms with Crippen LogP contribution in [-0.2, 0) is 9.39 Å². The lowest BCUT2D eigenvalue weighted by Gasteiger charge is -2.38. The molecule has 0 radical (unpaired) electrons. The van der Waals surface area contributed by atoms with Gasteiger partial charge in [0, 0.05) is 28.9 Å². The van der Waals surface area contributed by atoms with E-state index in [2.05, 4.69) is 4.90 Å². The van der Waals surface area contributed by atoms with Crippen molar-refractivity contribution in [1.29, 1.82) is 0 Å². The highest BCUT2D eigenvalue weighted by atomic mass is 32.1. The van der Waals surface area contributed by atoms with Gasteiger partial charge in [0.2, 0.25) is 0 Å². The van der Waals surface area contributed by atoms with Gasteiger partial charge in [0.25, 0.3) is 0 Å². The van der Waals surface area contributed by atoms with E-state index in [1.165, 1.54) is 11.3 Å². The molecule has 0 bridgehead atoms. The molecule has 0 spiro atoms. The number of hydrogen-bond donors (Lipinski definition) is 2. The normalized spacial score (nSPS) is 17.1. The van der Waals surface area contributed by atoms with Gasteiger partial charge in [-0.2, -0.15) is 11.3 Å². The first-order valence-corrected chi connectivity index (χ1v) is 8.08. The number of aliphatic hydroxyl groups is 1. The van der Waals surface area contributed by atoms with Crippen LogP contribution in [0.1, 0.15) is 27.7 Å². The van der Waals surface area contributed by atoms with E-state index in [9.17, 15) is 10.1 Å². The molecule has 0 amide bonds. The Balaban J connectivity index is 2.03. The first-order chi connectivity index (χ1) is 9.71. The average molecular weight is 313 g/mol. The third-order valence-corrected chi connectivity index (χ3v) is 5.06. The number of ether oxygens (including phenoxy) is 1. The first-order valence-electron chi connectivity index (χ1n) is 7.20. The van der Waals surface area contributed by atoms with E-state index in [0.717, 1.165) is 36.8 Å². The molecular weight excluding hydrogens is 289 g/mol. The SMILES string of the molecule is CC(C)(O)C(C)(C)OB(O)c1cc(N2CCOCC2)cs1. The van der Waals surface area contributed by atoms with Gasteiger partial charge in [0.15, 0.2) is 0 Å². The quantitative estimate of drug-likeness (QED) is 0.789. The van der Waals surface area contributed by atoms with Crippen LogP contribution in [0.5, 0.6) is 0 Å². The number of morpholine rings is 1. The molecule has 5 nitrogen and oxygen atoms in total. The summed E-state index contributed by atoms with van der Waals surface area (Å²) in [6, 6.07) is 1.95. The zero-order valence-electron chi connectivity index (χ0n) is 13.1. The summed E-state index contributed by atoms with van der Waals surface area (Å²) >= 11 is 1.46. The second kappa shape index (κ2) is 6.26. The van der Waals surface area contributed by atoms with Crippen LogP contribution in [0.15, 0.2) is 11.4 Å². The molecule has 2 N–H and O–H groups in total. The van der Waals surface area contributed by atoms with Crippen LogP contribution in [0.3, 0.4) is 0 Å². The Bertz CT molecular complexity index is 466. The predicted molar refractivity (Wildman–Crippen MR) is 86.4 cm³/mol. The fourth-order valence-corrected chi connectivity index (χ4v) is 2.77. The molecule has 1 aliphatic rings. The summed E-state index contributed by atoms with van der Waals surface area (Å²) in [7, 11) is -1.04. The Morgan fingerprint density at radius 2 is 1.90 bits per heavy atom. The molecule has 0 unspecified atom stereocenters. The van der Waals surface area contributed by atoms with Crippen molar-refractivity contribution in [3.8, 4) is 0 Å². The molecule has 0 aliphatic carbocycles. The van der Waals surface area contributed by atoms with Gasteiger partial charge in [-0.25, -0.2) is 0 Å². The van der Waals surface area contributed by atoms with Crippen molar-refractivity contribution >= 4 is 28.9 Å². The molecule has 2 rings (SSSR count). The highest BCUT2D eigenvalue weighted by Crippen LogP contribution is 2.26. The van der Waals surface area contributed by atoms with Crippen LogP contribution >= 0.6 is 11.3 Å². The molecule has 1 fully saturated rings. The zero-order chi connectivity index (χ0) is 15.7. The summed E-state index contributed by atoms with van der Waals surface area (Å²) in [5.41, 5.74) is -0.810. The third-order valence-electron chi connectivity index (χ3n) is 4.11. The van der Waals surface area contributed by atoms with Crippen molar-refractivity contribution in [3.63, 3.8) is 0 Å². The molecule has 21 heavy (non-hydrogen) atoms. The maximum atomic E-state index is 10.3. The minimum Gasteiger partial charge on any atom is -0.423 e. The number of hydrogen-bond acceptors (Lipinski definition) is 6. The Morgan fingerprint density at radius 1 is 1.29 bits per heavy atom. The van der Waals surface area contributed by atoms with E-state index in [1.807, 2.05) is 11.4 Å². The van der Waals surface area contributed by atoms with Crippen LogP contribution in [0.2, 0.25) is 0 Å². The minimum absolute atomic E-state index is 0.732. The molecule has 0 aromatic carbocycles. The number of rotatable bonds is 5. The second-order valence-electron chi connectivity index (χ2n) is 6.35. The van der Waals surface area contributed by atoms with Gasteiger partial charge in [-0.05, 0) is 33.8 Å². The van der Waals surface area contributed by atoms with E-state index in [0.29, 0.717) is 0 Å². The Morgan fingerprint density at radius 3 is 2.48 bits per heavy atom. The van der Waals surface area contributed by atoms with Crippen molar-refractivity contribution in [2.75, 3.05) is 31.2 Å². The van der Waals surface area contributed by atoms with Gasteiger partial charge >= 0.3 is 7.12 Å². The molecule has 1 saturated heterocycles. The monoisotopic (exact) mass is 313 g/mol. The van der Waals surface area contributed by atoms with Gasteiger partial charge in [0.05, 0.1) is 24.4 Å². The maximum absolute atomic E-state index is 10.3. The summed E-state index contributed by atoms with van der Waals surface area (Å²) in [5.74, 6) is 0. The summed E-state index contributed by atoms with van der Waals surface area (Å²) in [6.45, 7) is 10.1. The molecule has 118 valence electrons. The smallest absolute Gasteiger partial charge is 0.423 e. The van der Waals surface area contributed by atoms with Crippen LogP contribution in [-0.4, -0.2) is 54.8 Å². The highest BCUT2D eigenvalue weighted by molar-refractivity contribution is 7.21. The fourth-order valence-electron chi connectivity index (χ4n) is 1.94. The van der Waals surface area contributed by atoms with E-state index >= 15 is 0 Å². The predicted octanol–water partition coefficient (Wildman–Crippen LogP) is 0.838. The van der Waals surface area contributed by atoms with E-state index in [-0.39, 0.29) is 0 Å². The molecule has 2 heterocycles. The fraction of sp³-hybridized carbons (Fsp3) is 0.714. The molecule has 1 aliphatic heterocycles. The Kier molecular flexibility index (Phi) is 5.00. The van der Waals surface area contributed by atoms with Crippen molar-refractivity contribution in [2.45, 2.75) is 38.9 Å². The average Bonchev–Trinajstić information content (AvgIpc) is 2.87. The summed E-state index contributed by atoms with van der Waals surface area (Å²) < 4.78 is 11.7. The Hall–Kier alpha value is -0.595. The lowest BCUT2D eigenvalue weighted by molar-refractivity contribution is -0.0981. The van der Waals surface area contributed by atoms with E-state index in [4.69, 9.17) is 9.39 Å². The minimum atomic E-state index is -1.04. The summed E-state index contributed by atoms with van der Waals surface area (Å²) in [4.78, 5) is 2.23. The lowest BCUT2D eigenvalue weighted by Crippen LogP contribution is -2.52. The van der Waals surface area contributed by atoms with Gasteiger partial charge in [-0.3, -0.25) is 0 Å². The van der Waals surface area contributed by atoms with Crippen molar-refractivity contribution in [2.24, 2.45) is 0 Å². The number of anilines is 1. The van der Waals surface area contributed by atoms with Crippen molar-refractivity contribution in [3.05, 3.63) is 11.4 Å². The lowest BCUT2D eigenvalue weighted by atomic mass is 9.82. The summed E-state index contributed by atoms with van der Waals surface area (Å²) in [5, 5.41) is 22.4. The zero-order valence-corrected chi connectivity index (χ0v) is 13.9. The van der Waals surface area contributed by atoms with Gasteiger partial charge in [0.1, 0.15) is 0 Å². The molecular formula is C14H24BNO4S. The molecule has 0 saturated carbocycles. The molecule has 7 heteroatoms. The van der Waals surface area contributed by atoms with Crippen molar-refractivity contribution < 1.29 is 19.5 Å². The largest absolute Gasteiger partial charge is 0.502 e. The first kappa shape index (κ1) is 16.8. The van der Waals surface area contributed by atoms with E-state index in [1.54, 1.807) is 27.7 Å². The van der Waals surface area contributed by atoms with Crippen molar-refractivity contribution in [1.82, 2.24) is 0 Å². The highest BCUT2D eigenvalue weighted by Gasteiger charge is 2.40. The third kappa shape index (κ3) is 3.99.